The van der Waals surface area contributed by atoms with Gasteiger partial charge in [0.1, 0.15) is 0 Å². The molecule has 0 spiro atoms. The summed E-state index contributed by atoms with van der Waals surface area (Å²) in [5.41, 5.74) is 0.400. The Labute approximate surface area is 96.4 Å². The molecule has 2 rings (SSSR count). The van der Waals surface area contributed by atoms with Gasteiger partial charge in [-0.05, 0) is 31.1 Å². The van der Waals surface area contributed by atoms with Crippen LogP contribution >= 0.6 is 0 Å². The number of rotatable bonds is 1. The van der Waals surface area contributed by atoms with Crippen molar-refractivity contribution in [3.05, 3.63) is 0 Å². The molecule has 4 nitrogen and oxygen atoms in total. The highest BCUT2D eigenvalue weighted by Gasteiger charge is 2.34. The van der Waals surface area contributed by atoms with Gasteiger partial charge >= 0.3 is 0 Å². The molecule has 1 N–H and O–H groups in total. The van der Waals surface area contributed by atoms with Crippen LogP contribution in [0.25, 0.3) is 0 Å². The van der Waals surface area contributed by atoms with Gasteiger partial charge in [0, 0.05) is 6.04 Å². The first-order valence-electron chi connectivity index (χ1n) is 6.04. The second-order valence-electron chi connectivity index (χ2n) is 5.69. The Kier molecular flexibility index (Phi) is 2.91. The van der Waals surface area contributed by atoms with E-state index in [1.54, 1.807) is 4.90 Å². The van der Waals surface area contributed by atoms with Gasteiger partial charge in [-0.25, -0.2) is 0 Å². The zero-order valence-electron chi connectivity index (χ0n) is 10.1. The molecule has 1 saturated carbocycles. The van der Waals surface area contributed by atoms with E-state index in [0.717, 1.165) is 25.7 Å². The van der Waals surface area contributed by atoms with Crippen molar-refractivity contribution in [3.8, 4) is 0 Å². The van der Waals surface area contributed by atoms with Gasteiger partial charge in [0.2, 0.25) is 11.8 Å². The van der Waals surface area contributed by atoms with Crippen molar-refractivity contribution in [1.29, 1.82) is 0 Å². The van der Waals surface area contributed by atoms with Crippen LogP contribution in [0.15, 0.2) is 0 Å². The molecule has 4 heteroatoms. The second kappa shape index (κ2) is 4.07. The fourth-order valence-electron chi connectivity index (χ4n) is 2.60. The van der Waals surface area contributed by atoms with Crippen LogP contribution in [0.4, 0.5) is 0 Å². The van der Waals surface area contributed by atoms with Gasteiger partial charge in [0.25, 0.3) is 0 Å². The van der Waals surface area contributed by atoms with Crippen molar-refractivity contribution >= 4 is 11.8 Å². The van der Waals surface area contributed by atoms with Crippen LogP contribution in [0.5, 0.6) is 0 Å². The Balaban J connectivity index is 1.97. The predicted molar refractivity (Wildman–Crippen MR) is 60.8 cm³/mol. The summed E-state index contributed by atoms with van der Waals surface area (Å²) in [7, 11) is 0. The van der Waals surface area contributed by atoms with Crippen molar-refractivity contribution < 1.29 is 9.59 Å². The molecular formula is C12H20N2O2. The number of piperazine rings is 1. The highest BCUT2D eigenvalue weighted by Crippen LogP contribution is 2.37. The number of carbonyl (C=O) groups is 2. The lowest BCUT2D eigenvalue weighted by Crippen LogP contribution is -2.56. The smallest absolute Gasteiger partial charge is 0.242 e. The maximum Gasteiger partial charge on any atom is 0.242 e. The number of hydrogen-bond acceptors (Lipinski definition) is 2. The first-order chi connectivity index (χ1) is 7.48. The van der Waals surface area contributed by atoms with E-state index in [1.807, 2.05) is 0 Å². The van der Waals surface area contributed by atoms with E-state index < -0.39 is 0 Å². The molecule has 0 aromatic rings. The number of nitrogens with zero attached hydrogens (tertiary/aromatic N) is 1. The summed E-state index contributed by atoms with van der Waals surface area (Å²) < 4.78 is 0. The largest absolute Gasteiger partial charge is 0.345 e. The van der Waals surface area contributed by atoms with Gasteiger partial charge in [0.05, 0.1) is 13.1 Å². The lowest BCUT2D eigenvalue weighted by molar-refractivity contribution is -0.143. The lowest BCUT2D eigenvalue weighted by atomic mass is 9.75. The van der Waals surface area contributed by atoms with E-state index in [9.17, 15) is 9.59 Å². The van der Waals surface area contributed by atoms with Gasteiger partial charge in [-0.3, -0.25) is 9.59 Å². The second-order valence-corrected chi connectivity index (χ2v) is 5.69. The molecule has 1 saturated heterocycles. The third-order valence-corrected chi connectivity index (χ3v) is 3.82. The molecule has 1 heterocycles. The Bertz CT molecular complexity index is 302. The van der Waals surface area contributed by atoms with E-state index in [1.165, 1.54) is 0 Å². The highest BCUT2D eigenvalue weighted by atomic mass is 16.2. The Morgan fingerprint density at radius 3 is 2.50 bits per heavy atom. The number of carbonyl (C=O) groups excluding carboxylic acids is 2. The van der Waals surface area contributed by atoms with E-state index >= 15 is 0 Å². The predicted octanol–water partition coefficient (Wildman–Crippen LogP) is 0.914. The molecule has 0 atom stereocenters. The van der Waals surface area contributed by atoms with Crippen LogP contribution in [-0.2, 0) is 9.59 Å². The third kappa shape index (κ3) is 2.36. The maximum atomic E-state index is 11.7. The molecule has 1 aliphatic heterocycles. The number of hydrogen-bond donors (Lipinski definition) is 1. The summed E-state index contributed by atoms with van der Waals surface area (Å²) in [6, 6.07) is 0.284. The van der Waals surface area contributed by atoms with Gasteiger partial charge in [-0.1, -0.05) is 13.8 Å². The zero-order valence-corrected chi connectivity index (χ0v) is 10.1. The average molecular weight is 224 g/mol. The normalized spacial score (nSPS) is 26.8. The summed E-state index contributed by atoms with van der Waals surface area (Å²) in [4.78, 5) is 24.8. The summed E-state index contributed by atoms with van der Waals surface area (Å²) in [5.74, 6) is 0.0498. The molecule has 2 amide bonds. The van der Waals surface area contributed by atoms with Gasteiger partial charge < -0.3 is 10.2 Å². The Morgan fingerprint density at radius 2 is 1.88 bits per heavy atom. The lowest BCUT2D eigenvalue weighted by Gasteiger charge is -2.41. The van der Waals surface area contributed by atoms with Crippen LogP contribution in [0.3, 0.4) is 0 Å². The fourth-order valence-corrected chi connectivity index (χ4v) is 2.60. The maximum absolute atomic E-state index is 11.7. The zero-order chi connectivity index (χ0) is 11.8. The number of amides is 2. The van der Waals surface area contributed by atoms with E-state index in [0.29, 0.717) is 5.41 Å². The minimum absolute atomic E-state index is 0.0237. The SMILES string of the molecule is CC1(C)CCC(N2CC(=O)NCC2=O)CC1. The summed E-state index contributed by atoms with van der Waals surface area (Å²) >= 11 is 0. The Morgan fingerprint density at radius 1 is 1.25 bits per heavy atom. The molecule has 2 fully saturated rings. The van der Waals surface area contributed by atoms with Gasteiger partial charge in [-0.15, -0.1) is 0 Å². The van der Waals surface area contributed by atoms with Crippen molar-refractivity contribution in [2.24, 2.45) is 5.41 Å². The molecule has 0 unspecified atom stereocenters. The minimum Gasteiger partial charge on any atom is -0.345 e. The molecule has 0 radical (unpaired) electrons. The average Bonchev–Trinajstić information content (AvgIpc) is 2.22. The first kappa shape index (κ1) is 11.4. The standard InChI is InChI=1S/C12H20N2O2/c1-12(2)5-3-9(4-6-12)14-8-10(15)13-7-11(14)16/h9H,3-8H2,1-2H3,(H,13,15). The summed E-state index contributed by atoms with van der Waals surface area (Å²) in [6.07, 6.45) is 4.35. The van der Waals surface area contributed by atoms with Crippen LogP contribution in [0.1, 0.15) is 39.5 Å². The van der Waals surface area contributed by atoms with Crippen LogP contribution < -0.4 is 5.32 Å². The summed E-state index contributed by atoms with van der Waals surface area (Å²) in [6.45, 7) is 4.98. The highest BCUT2D eigenvalue weighted by molar-refractivity contribution is 5.92. The van der Waals surface area contributed by atoms with E-state index in [4.69, 9.17) is 0 Å². The first-order valence-corrected chi connectivity index (χ1v) is 6.04. The molecule has 16 heavy (non-hydrogen) atoms. The van der Waals surface area contributed by atoms with Crippen molar-refractivity contribution in [3.63, 3.8) is 0 Å². The van der Waals surface area contributed by atoms with Crippen molar-refractivity contribution in [2.75, 3.05) is 13.1 Å². The van der Waals surface area contributed by atoms with Gasteiger partial charge in [-0.2, -0.15) is 0 Å². The fraction of sp³-hybridized carbons (Fsp3) is 0.833. The molecule has 90 valence electrons. The monoisotopic (exact) mass is 224 g/mol. The Hall–Kier alpha value is -1.06. The van der Waals surface area contributed by atoms with Crippen LogP contribution in [-0.4, -0.2) is 35.8 Å². The van der Waals surface area contributed by atoms with E-state index in [2.05, 4.69) is 19.2 Å². The van der Waals surface area contributed by atoms with Crippen molar-refractivity contribution in [2.45, 2.75) is 45.6 Å². The molecule has 1 aliphatic carbocycles. The van der Waals surface area contributed by atoms with Crippen LogP contribution in [0, 0.1) is 5.41 Å². The van der Waals surface area contributed by atoms with E-state index in [-0.39, 0.29) is 30.9 Å². The molecule has 0 bridgehead atoms. The minimum atomic E-state index is -0.0237. The molecular weight excluding hydrogens is 204 g/mol. The molecule has 0 aromatic heterocycles. The van der Waals surface area contributed by atoms with Gasteiger partial charge in [0.15, 0.2) is 0 Å². The van der Waals surface area contributed by atoms with Crippen molar-refractivity contribution in [1.82, 2.24) is 10.2 Å². The third-order valence-electron chi connectivity index (χ3n) is 3.82. The topological polar surface area (TPSA) is 49.4 Å². The quantitative estimate of drug-likeness (QED) is 0.720. The van der Waals surface area contributed by atoms with Crippen LogP contribution in [0.2, 0.25) is 0 Å². The summed E-state index contributed by atoms with van der Waals surface area (Å²) in [5, 5.41) is 2.59. The molecule has 2 aliphatic rings. The number of nitrogens with one attached hydrogen (secondary N) is 1. The molecule has 0 aromatic carbocycles.